The summed E-state index contributed by atoms with van der Waals surface area (Å²) >= 11 is 0. The van der Waals surface area contributed by atoms with E-state index < -0.39 is 17.6 Å². The van der Waals surface area contributed by atoms with E-state index in [2.05, 4.69) is 15.2 Å². The Morgan fingerprint density at radius 3 is 2.17 bits per heavy atom. The Balaban J connectivity index is 1.57. The Hall–Kier alpha value is -3.35. The van der Waals surface area contributed by atoms with Gasteiger partial charge in [0.1, 0.15) is 0 Å². The van der Waals surface area contributed by atoms with Crippen LogP contribution in [0.15, 0.2) is 73.1 Å². The molecule has 1 amide bonds. The number of aromatic nitrogens is 1. The van der Waals surface area contributed by atoms with Gasteiger partial charge in [0.15, 0.2) is 0 Å². The van der Waals surface area contributed by atoms with Crippen LogP contribution in [0.3, 0.4) is 0 Å². The van der Waals surface area contributed by atoms with Gasteiger partial charge in [0.25, 0.3) is 5.91 Å². The van der Waals surface area contributed by atoms with Crippen LogP contribution < -0.4 is 10.2 Å². The van der Waals surface area contributed by atoms with Gasteiger partial charge in [-0.2, -0.15) is 13.2 Å². The van der Waals surface area contributed by atoms with E-state index in [0.29, 0.717) is 5.69 Å². The number of pyridine rings is 1. The van der Waals surface area contributed by atoms with Gasteiger partial charge in [-0.15, -0.1) is 0 Å². The maximum absolute atomic E-state index is 12.6. The molecule has 0 spiro atoms. The minimum Gasteiger partial charge on any atom is -0.374 e. The maximum Gasteiger partial charge on any atom is 0.416 e. The zero-order chi connectivity index (χ0) is 20.9. The highest BCUT2D eigenvalue weighted by Gasteiger charge is 2.30. The topological polar surface area (TPSA) is 45.2 Å². The number of carbonyl (C=O) groups excluding carboxylic acids is 1. The Morgan fingerprint density at radius 2 is 1.59 bits per heavy atom. The number of rotatable bonds is 6. The Kier molecular flexibility index (Phi) is 6.16. The summed E-state index contributed by atoms with van der Waals surface area (Å²) in [5, 5.41) is 2.69. The van der Waals surface area contributed by atoms with Crippen LogP contribution in [0.4, 0.5) is 24.5 Å². The lowest BCUT2D eigenvalue weighted by Crippen LogP contribution is -2.20. The molecule has 1 aromatic heterocycles. The number of halogens is 3. The van der Waals surface area contributed by atoms with Crippen molar-refractivity contribution in [2.45, 2.75) is 12.6 Å². The van der Waals surface area contributed by atoms with Gasteiger partial charge in [-0.25, -0.2) is 0 Å². The molecule has 0 aliphatic rings. The number of benzene rings is 2. The molecule has 0 saturated heterocycles. The molecule has 3 aromatic rings. The summed E-state index contributed by atoms with van der Waals surface area (Å²) in [4.78, 5) is 18.3. The molecule has 1 heterocycles. The monoisotopic (exact) mass is 399 g/mol. The van der Waals surface area contributed by atoms with E-state index in [1.807, 2.05) is 31.3 Å². The minimum atomic E-state index is -4.42. The highest BCUT2D eigenvalue weighted by atomic mass is 19.4. The van der Waals surface area contributed by atoms with Crippen molar-refractivity contribution in [1.29, 1.82) is 0 Å². The fraction of sp³-hybridized carbons (Fsp3) is 0.182. The van der Waals surface area contributed by atoms with Crippen LogP contribution in [0.1, 0.15) is 21.5 Å². The average Bonchev–Trinajstić information content (AvgIpc) is 2.73. The first kappa shape index (κ1) is 20.4. The predicted molar refractivity (Wildman–Crippen MR) is 107 cm³/mol. The van der Waals surface area contributed by atoms with Gasteiger partial charge < -0.3 is 10.2 Å². The lowest BCUT2D eigenvalue weighted by molar-refractivity contribution is -0.137. The van der Waals surface area contributed by atoms with Crippen LogP contribution in [0.2, 0.25) is 0 Å². The summed E-state index contributed by atoms with van der Waals surface area (Å²) in [6.07, 6.45) is -0.00730. The molecular formula is C22H20F3N3O. The largest absolute Gasteiger partial charge is 0.416 e. The van der Waals surface area contributed by atoms with Crippen LogP contribution in [-0.2, 0) is 12.6 Å². The number of hydrogen-bond acceptors (Lipinski definition) is 3. The van der Waals surface area contributed by atoms with Gasteiger partial charge in [-0.1, -0.05) is 0 Å². The molecule has 29 heavy (non-hydrogen) atoms. The molecule has 0 saturated carbocycles. The number of nitrogens with zero attached hydrogens (tertiary/aromatic N) is 2. The summed E-state index contributed by atoms with van der Waals surface area (Å²) in [7, 11) is 1.98. The van der Waals surface area contributed by atoms with Crippen molar-refractivity contribution < 1.29 is 18.0 Å². The number of amides is 1. The fourth-order valence-corrected chi connectivity index (χ4v) is 2.79. The second-order valence-electron chi connectivity index (χ2n) is 6.60. The Morgan fingerprint density at radius 1 is 0.966 bits per heavy atom. The van der Waals surface area contributed by atoms with Gasteiger partial charge in [0, 0.05) is 42.9 Å². The first-order valence-electron chi connectivity index (χ1n) is 9.01. The summed E-state index contributed by atoms with van der Waals surface area (Å²) in [6, 6.07) is 15.4. The molecule has 0 aliphatic heterocycles. The Labute approximate surface area is 167 Å². The van der Waals surface area contributed by atoms with Gasteiger partial charge in [0.05, 0.1) is 5.56 Å². The van der Waals surface area contributed by atoms with E-state index >= 15 is 0 Å². The number of likely N-dealkylation sites (N-methyl/N-ethyl adjacent to an activating group) is 1. The third kappa shape index (κ3) is 5.57. The number of carbonyl (C=O) groups is 1. The normalized spacial score (nSPS) is 11.2. The first-order chi connectivity index (χ1) is 13.8. The quantitative estimate of drug-likeness (QED) is 0.632. The van der Waals surface area contributed by atoms with Crippen LogP contribution >= 0.6 is 0 Å². The molecule has 0 atom stereocenters. The van der Waals surface area contributed by atoms with Crippen molar-refractivity contribution in [2.75, 3.05) is 23.8 Å². The van der Waals surface area contributed by atoms with E-state index in [0.717, 1.165) is 30.8 Å². The van der Waals surface area contributed by atoms with Gasteiger partial charge in [-0.3, -0.25) is 9.78 Å². The Bertz CT molecular complexity index is 940. The summed E-state index contributed by atoms with van der Waals surface area (Å²) in [6.45, 7) is 0.821. The molecule has 0 aliphatic carbocycles. The van der Waals surface area contributed by atoms with Gasteiger partial charge >= 0.3 is 6.18 Å². The van der Waals surface area contributed by atoms with Crippen LogP contribution in [0.25, 0.3) is 0 Å². The van der Waals surface area contributed by atoms with Gasteiger partial charge in [-0.05, 0) is 72.6 Å². The third-order valence-corrected chi connectivity index (χ3v) is 4.53. The lowest BCUT2D eigenvalue weighted by Gasteiger charge is -2.19. The van der Waals surface area contributed by atoms with E-state index in [4.69, 9.17) is 0 Å². The zero-order valence-corrected chi connectivity index (χ0v) is 15.8. The van der Waals surface area contributed by atoms with Crippen molar-refractivity contribution in [3.8, 4) is 0 Å². The van der Waals surface area contributed by atoms with E-state index in [9.17, 15) is 18.0 Å². The fourth-order valence-electron chi connectivity index (χ4n) is 2.79. The maximum atomic E-state index is 12.6. The predicted octanol–water partition coefficient (Wildman–Crippen LogP) is 5.03. The van der Waals surface area contributed by atoms with Crippen molar-refractivity contribution in [2.24, 2.45) is 0 Å². The summed E-state index contributed by atoms with van der Waals surface area (Å²) in [5.41, 5.74) is 2.14. The zero-order valence-electron chi connectivity index (χ0n) is 15.8. The highest BCUT2D eigenvalue weighted by Crippen LogP contribution is 2.29. The second kappa shape index (κ2) is 8.77. The van der Waals surface area contributed by atoms with Crippen LogP contribution in [-0.4, -0.2) is 24.5 Å². The molecule has 7 heteroatoms. The average molecular weight is 399 g/mol. The molecule has 3 rings (SSSR count). The van der Waals surface area contributed by atoms with E-state index in [-0.39, 0.29) is 5.56 Å². The molecular weight excluding hydrogens is 379 g/mol. The minimum absolute atomic E-state index is 0.163. The lowest BCUT2D eigenvalue weighted by atomic mass is 10.1. The SMILES string of the molecule is CN(CCc1ccncc1)c1ccc(NC(=O)c2ccc(C(F)(F)F)cc2)cc1. The molecule has 0 bridgehead atoms. The summed E-state index contributed by atoms with van der Waals surface area (Å²) < 4.78 is 37.8. The number of alkyl halides is 3. The third-order valence-electron chi connectivity index (χ3n) is 4.53. The molecule has 150 valence electrons. The van der Waals surface area contributed by atoms with Crippen LogP contribution in [0.5, 0.6) is 0 Å². The van der Waals surface area contributed by atoms with Crippen molar-refractivity contribution in [3.05, 3.63) is 89.7 Å². The van der Waals surface area contributed by atoms with Crippen molar-refractivity contribution in [3.63, 3.8) is 0 Å². The highest BCUT2D eigenvalue weighted by molar-refractivity contribution is 6.04. The smallest absolute Gasteiger partial charge is 0.374 e. The van der Waals surface area contributed by atoms with Crippen molar-refractivity contribution >= 4 is 17.3 Å². The van der Waals surface area contributed by atoms with E-state index in [1.165, 1.54) is 17.7 Å². The first-order valence-corrected chi connectivity index (χ1v) is 9.01. The molecule has 0 fully saturated rings. The van der Waals surface area contributed by atoms with Crippen LogP contribution in [0, 0.1) is 0 Å². The number of nitrogens with one attached hydrogen (secondary N) is 1. The molecule has 0 unspecified atom stereocenters. The standard InChI is InChI=1S/C22H20F3N3O/c1-28(15-12-16-10-13-26-14-11-16)20-8-6-19(7-9-20)27-21(29)17-2-4-18(5-3-17)22(23,24)25/h2-11,13-14H,12,15H2,1H3,(H,27,29). The molecule has 1 N–H and O–H groups in total. The second-order valence-corrected chi connectivity index (χ2v) is 6.60. The summed E-state index contributed by atoms with van der Waals surface area (Å²) in [5.74, 6) is -0.461. The number of anilines is 2. The molecule has 2 aromatic carbocycles. The van der Waals surface area contributed by atoms with E-state index in [1.54, 1.807) is 24.5 Å². The molecule has 4 nitrogen and oxygen atoms in total. The van der Waals surface area contributed by atoms with Gasteiger partial charge in [0.2, 0.25) is 0 Å². The molecule has 0 radical (unpaired) electrons. The number of hydrogen-bond donors (Lipinski definition) is 1. The van der Waals surface area contributed by atoms with Crippen molar-refractivity contribution in [1.82, 2.24) is 4.98 Å².